The van der Waals surface area contributed by atoms with E-state index in [1.165, 1.54) is 18.9 Å². The molecule has 0 bridgehead atoms. The third kappa shape index (κ3) is 6.04. The second-order valence-corrected chi connectivity index (χ2v) is 7.74. The average Bonchev–Trinajstić information content (AvgIpc) is 3.16. The molecule has 0 saturated carbocycles. The fourth-order valence-electron chi connectivity index (χ4n) is 3.38. The number of hydrogen-bond donors (Lipinski definition) is 1. The van der Waals surface area contributed by atoms with E-state index in [0.717, 1.165) is 10.8 Å². The van der Waals surface area contributed by atoms with E-state index in [1.54, 1.807) is 4.90 Å². The number of esters is 1. The Balaban J connectivity index is 1.50. The van der Waals surface area contributed by atoms with E-state index in [2.05, 4.69) is 17.5 Å². The van der Waals surface area contributed by atoms with E-state index in [4.69, 9.17) is 14.3 Å². The molecule has 1 atom stereocenters. The topological polar surface area (TPSA) is 109 Å². The fourth-order valence-corrected chi connectivity index (χ4v) is 3.44. The minimum Gasteiger partial charge on any atom is -0.456 e. The van der Waals surface area contributed by atoms with E-state index >= 15 is 0 Å². The maximum absolute atomic E-state index is 12.2. The van der Waals surface area contributed by atoms with Crippen LogP contribution in [0.4, 0.5) is 21.0 Å². The first kappa shape index (κ1) is 23.7. The molecule has 0 unspecified atom stereocenters. The van der Waals surface area contributed by atoms with Crippen molar-refractivity contribution in [2.75, 3.05) is 62.8 Å². The van der Waals surface area contributed by atoms with Gasteiger partial charge in [0.2, 0.25) is 0 Å². The SMILES string of the molecule is CC(=O)OCC(=O)N1CCN(c2ccc(N3C[C@@H](CON(C)C(=O)S)OC3=O)cc2)CC1. The van der Waals surface area contributed by atoms with Crippen molar-refractivity contribution < 1.29 is 33.5 Å². The lowest BCUT2D eigenvalue weighted by Crippen LogP contribution is -2.49. The molecule has 2 saturated heterocycles. The lowest BCUT2D eigenvalue weighted by Gasteiger charge is -2.36. The highest BCUT2D eigenvalue weighted by molar-refractivity contribution is 7.96. The molecule has 3 amide bonds. The highest BCUT2D eigenvalue weighted by Crippen LogP contribution is 2.25. The smallest absolute Gasteiger partial charge is 0.414 e. The van der Waals surface area contributed by atoms with Crippen LogP contribution in [0.15, 0.2) is 24.3 Å². The van der Waals surface area contributed by atoms with Crippen molar-refractivity contribution in [2.24, 2.45) is 0 Å². The van der Waals surface area contributed by atoms with Crippen LogP contribution in [0, 0.1) is 0 Å². The number of rotatable bonds is 7. The van der Waals surface area contributed by atoms with Gasteiger partial charge in [0.15, 0.2) is 6.61 Å². The molecule has 0 spiro atoms. The van der Waals surface area contributed by atoms with Gasteiger partial charge in [0, 0.05) is 51.5 Å². The average molecular weight is 467 g/mol. The van der Waals surface area contributed by atoms with Crippen molar-refractivity contribution in [3.63, 3.8) is 0 Å². The Kier molecular flexibility index (Phi) is 7.80. The van der Waals surface area contributed by atoms with Crippen LogP contribution in [0.3, 0.4) is 0 Å². The molecule has 0 aromatic heterocycles. The number of carbonyl (C=O) groups is 4. The molecule has 0 radical (unpaired) electrons. The largest absolute Gasteiger partial charge is 0.456 e. The Bertz CT molecular complexity index is 858. The molecule has 2 fully saturated rings. The second-order valence-electron chi connectivity index (χ2n) is 7.36. The van der Waals surface area contributed by atoms with E-state index < -0.39 is 23.4 Å². The zero-order valence-electron chi connectivity index (χ0n) is 17.9. The van der Waals surface area contributed by atoms with Crippen molar-refractivity contribution in [1.29, 1.82) is 0 Å². The number of ether oxygens (including phenoxy) is 2. The van der Waals surface area contributed by atoms with Crippen molar-refractivity contribution in [3.8, 4) is 0 Å². The molecule has 12 heteroatoms. The summed E-state index contributed by atoms with van der Waals surface area (Å²) >= 11 is 3.65. The van der Waals surface area contributed by atoms with Gasteiger partial charge in [-0.1, -0.05) is 12.6 Å². The van der Waals surface area contributed by atoms with Crippen molar-refractivity contribution in [2.45, 2.75) is 13.0 Å². The molecule has 1 aromatic carbocycles. The predicted molar refractivity (Wildman–Crippen MR) is 118 cm³/mol. The molecular weight excluding hydrogens is 440 g/mol. The minimum absolute atomic E-state index is 0.0452. The van der Waals surface area contributed by atoms with Crippen LogP contribution >= 0.6 is 12.6 Å². The van der Waals surface area contributed by atoms with Gasteiger partial charge >= 0.3 is 17.3 Å². The minimum atomic E-state index is -0.545. The Morgan fingerprint density at radius 1 is 1.12 bits per heavy atom. The quantitative estimate of drug-likeness (QED) is 0.362. The van der Waals surface area contributed by atoms with E-state index in [1.807, 2.05) is 24.3 Å². The third-order valence-electron chi connectivity index (χ3n) is 5.16. The zero-order valence-corrected chi connectivity index (χ0v) is 18.8. The van der Waals surface area contributed by atoms with E-state index in [0.29, 0.717) is 38.4 Å². The number of hydrogen-bond acceptors (Lipinski definition) is 8. The van der Waals surface area contributed by atoms with E-state index in [9.17, 15) is 19.2 Å². The molecule has 0 N–H and O–H groups in total. The Hall–Kier alpha value is -2.99. The maximum Gasteiger partial charge on any atom is 0.414 e. The lowest BCUT2D eigenvalue weighted by molar-refractivity contribution is -0.150. The number of piperazine rings is 1. The molecule has 174 valence electrons. The summed E-state index contributed by atoms with van der Waals surface area (Å²) in [5.41, 5.74) is 1.66. The van der Waals surface area contributed by atoms with Crippen LogP contribution in [0.2, 0.25) is 0 Å². The molecule has 2 aliphatic heterocycles. The summed E-state index contributed by atoms with van der Waals surface area (Å²) in [6.45, 7) is 3.75. The van der Waals surface area contributed by atoms with E-state index in [-0.39, 0.29) is 19.1 Å². The van der Waals surface area contributed by atoms with Crippen molar-refractivity contribution in [3.05, 3.63) is 24.3 Å². The number of hydroxylamine groups is 2. The molecule has 32 heavy (non-hydrogen) atoms. The summed E-state index contributed by atoms with van der Waals surface area (Å²) in [6.07, 6.45) is -0.985. The van der Waals surface area contributed by atoms with Gasteiger partial charge in [-0.05, 0) is 24.3 Å². The summed E-state index contributed by atoms with van der Waals surface area (Å²) in [4.78, 5) is 56.7. The van der Waals surface area contributed by atoms with Crippen molar-refractivity contribution in [1.82, 2.24) is 9.96 Å². The monoisotopic (exact) mass is 466 g/mol. The third-order valence-corrected chi connectivity index (χ3v) is 5.44. The summed E-state index contributed by atoms with van der Waals surface area (Å²) < 4.78 is 10.1. The van der Waals surface area contributed by atoms with Crippen LogP contribution in [-0.4, -0.2) is 92.3 Å². The summed E-state index contributed by atoms with van der Waals surface area (Å²) in [5, 5.41) is 0.425. The van der Waals surface area contributed by atoms with Crippen LogP contribution in [0.1, 0.15) is 6.92 Å². The Morgan fingerprint density at radius 3 is 2.34 bits per heavy atom. The number of carbonyl (C=O) groups excluding carboxylic acids is 4. The Labute approximate surface area is 191 Å². The number of amides is 3. The summed E-state index contributed by atoms with van der Waals surface area (Å²) in [7, 11) is 1.43. The van der Waals surface area contributed by atoms with Gasteiger partial charge in [0.25, 0.3) is 5.91 Å². The number of nitrogens with zero attached hydrogens (tertiary/aromatic N) is 4. The predicted octanol–water partition coefficient (Wildman–Crippen LogP) is 1.14. The van der Waals surface area contributed by atoms with Gasteiger partial charge in [0.1, 0.15) is 12.7 Å². The summed E-state index contributed by atoms with van der Waals surface area (Å²) in [6, 6.07) is 7.50. The molecule has 11 nitrogen and oxygen atoms in total. The molecule has 2 aliphatic rings. The highest BCUT2D eigenvalue weighted by atomic mass is 32.1. The summed E-state index contributed by atoms with van der Waals surface area (Å²) in [5.74, 6) is -0.677. The first-order valence-corrected chi connectivity index (χ1v) is 10.5. The molecule has 2 heterocycles. The van der Waals surface area contributed by atoms with Crippen LogP contribution in [0.5, 0.6) is 0 Å². The standard InChI is InChI=1S/C20H26N4O7S/c1-14(25)29-13-18(26)23-9-7-22(8-10-23)15-3-5-16(6-4-15)24-11-17(31-19(24)27)12-30-21(2)20(28)32/h3-6,17H,7-13H2,1-2H3,(H,28,32)/t17-/m0/s1. The van der Waals surface area contributed by atoms with Crippen LogP contribution in [-0.2, 0) is 23.9 Å². The van der Waals surface area contributed by atoms with Crippen LogP contribution in [0.25, 0.3) is 0 Å². The Morgan fingerprint density at radius 2 is 1.75 bits per heavy atom. The highest BCUT2D eigenvalue weighted by Gasteiger charge is 2.33. The van der Waals surface area contributed by atoms with Gasteiger partial charge in [0.05, 0.1) is 6.54 Å². The number of thiol groups is 1. The fraction of sp³-hybridized carbons (Fsp3) is 0.500. The first-order valence-electron chi connectivity index (χ1n) is 10.1. The molecule has 0 aliphatic carbocycles. The molecule has 1 aromatic rings. The van der Waals surface area contributed by atoms with Gasteiger partial charge < -0.3 is 19.3 Å². The molecular formula is C20H26N4O7S. The van der Waals surface area contributed by atoms with Crippen molar-refractivity contribution >= 4 is 47.2 Å². The van der Waals surface area contributed by atoms with Crippen LogP contribution < -0.4 is 9.80 Å². The first-order chi connectivity index (χ1) is 15.2. The number of cyclic esters (lactones) is 1. The van der Waals surface area contributed by atoms with Gasteiger partial charge in [-0.2, -0.15) is 0 Å². The normalized spacial score (nSPS) is 18.4. The van der Waals surface area contributed by atoms with Gasteiger partial charge in [-0.25, -0.2) is 9.86 Å². The van der Waals surface area contributed by atoms with Gasteiger partial charge in [-0.3, -0.25) is 24.1 Å². The second kappa shape index (κ2) is 10.6. The molecule has 3 rings (SSSR count). The zero-order chi connectivity index (χ0) is 23.3. The lowest BCUT2D eigenvalue weighted by atomic mass is 10.2. The maximum atomic E-state index is 12.2. The van der Waals surface area contributed by atoms with Gasteiger partial charge in [-0.15, -0.1) is 0 Å². The number of benzene rings is 1. The number of anilines is 2.